The van der Waals surface area contributed by atoms with Crippen molar-refractivity contribution in [3.63, 3.8) is 0 Å². The minimum Gasteiger partial charge on any atom is -0.374 e. The Bertz CT molecular complexity index is 736. The third-order valence-corrected chi connectivity index (χ3v) is 5.40. The molecule has 1 atom stereocenters. The molecule has 0 amide bonds. The molecule has 6 heteroatoms. The van der Waals surface area contributed by atoms with Crippen LogP contribution in [0.2, 0.25) is 0 Å². The number of hydrogen-bond donors (Lipinski definition) is 2. The molecule has 6 nitrogen and oxygen atoms in total. The lowest BCUT2D eigenvalue weighted by Gasteiger charge is -2.21. The molecule has 1 saturated carbocycles. The summed E-state index contributed by atoms with van der Waals surface area (Å²) in [6.45, 7) is 0.803. The number of aliphatic hydroxyl groups excluding tert-OH is 1. The molecule has 2 N–H and O–H groups in total. The van der Waals surface area contributed by atoms with Crippen molar-refractivity contribution >= 4 is 22.6 Å². The standard InChI is InChI=1S/C18H24N4O2/c23-14(11-12-5-2-1-3-6-12)17-13-8-9-15(19-18(13)21-20-17)22-10-4-7-16(22)24/h8-9,12,16,24H,1-7,10-11H2,(H,19,20,21)/t16-/m0/s1. The number of nitrogens with one attached hydrogen (secondary N) is 1. The summed E-state index contributed by atoms with van der Waals surface area (Å²) in [5.41, 5.74) is 1.13. The Morgan fingerprint density at radius 3 is 2.79 bits per heavy atom. The zero-order valence-corrected chi connectivity index (χ0v) is 13.9. The third kappa shape index (κ3) is 2.90. The van der Waals surface area contributed by atoms with Gasteiger partial charge in [-0.3, -0.25) is 9.89 Å². The van der Waals surface area contributed by atoms with E-state index in [4.69, 9.17) is 0 Å². The predicted octanol–water partition coefficient (Wildman–Crippen LogP) is 3.03. The lowest BCUT2D eigenvalue weighted by molar-refractivity contribution is 0.0947. The largest absolute Gasteiger partial charge is 0.374 e. The fourth-order valence-corrected chi connectivity index (χ4v) is 4.03. The monoisotopic (exact) mass is 328 g/mol. The van der Waals surface area contributed by atoms with Crippen LogP contribution in [0, 0.1) is 5.92 Å². The number of hydrogen-bond acceptors (Lipinski definition) is 5. The number of rotatable bonds is 4. The lowest BCUT2D eigenvalue weighted by atomic mass is 9.85. The number of aliphatic hydroxyl groups is 1. The van der Waals surface area contributed by atoms with Crippen LogP contribution in [0.15, 0.2) is 12.1 Å². The van der Waals surface area contributed by atoms with E-state index in [0.717, 1.165) is 43.4 Å². The molecule has 2 aliphatic rings. The van der Waals surface area contributed by atoms with Crippen molar-refractivity contribution in [3.8, 4) is 0 Å². The number of pyridine rings is 1. The molecule has 1 aliphatic heterocycles. The molecule has 0 radical (unpaired) electrons. The molecule has 2 aromatic heterocycles. The molecular weight excluding hydrogens is 304 g/mol. The van der Waals surface area contributed by atoms with Crippen molar-refractivity contribution < 1.29 is 9.90 Å². The second kappa shape index (κ2) is 6.51. The summed E-state index contributed by atoms with van der Waals surface area (Å²) in [6, 6.07) is 3.78. The number of ketones is 1. The SMILES string of the molecule is O=C(CC1CCCCC1)c1[nH]nc2nc(N3CCC[C@@H]3O)ccc12. The zero-order chi connectivity index (χ0) is 16.5. The topological polar surface area (TPSA) is 82.1 Å². The summed E-state index contributed by atoms with van der Waals surface area (Å²) in [7, 11) is 0. The Morgan fingerprint density at radius 2 is 2.04 bits per heavy atom. The summed E-state index contributed by atoms with van der Waals surface area (Å²) < 4.78 is 0. The molecule has 4 rings (SSSR count). The molecule has 2 fully saturated rings. The highest BCUT2D eigenvalue weighted by molar-refractivity contribution is 6.05. The van der Waals surface area contributed by atoms with Gasteiger partial charge in [0.15, 0.2) is 11.4 Å². The summed E-state index contributed by atoms with van der Waals surface area (Å²) in [5, 5.41) is 17.9. The van der Waals surface area contributed by atoms with Gasteiger partial charge in [-0.25, -0.2) is 4.98 Å². The first-order valence-electron chi connectivity index (χ1n) is 9.05. The van der Waals surface area contributed by atoms with E-state index in [1.54, 1.807) is 0 Å². The van der Waals surface area contributed by atoms with Crippen LogP contribution < -0.4 is 4.90 Å². The smallest absolute Gasteiger partial charge is 0.183 e. The van der Waals surface area contributed by atoms with Gasteiger partial charge < -0.3 is 10.0 Å². The molecule has 0 bridgehead atoms. The third-order valence-electron chi connectivity index (χ3n) is 5.40. The highest BCUT2D eigenvalue weighted by atomic mass is 16.3. The van der Waals surface area contributed by atoms with Crippen LogP contribution in [0.5, 0.6) is 0 Å². The van der Waals surface area contributed by atoms with Gasteiger partial charge in [0.05, 0.1) is 0 Å². The van der Waals surface area contributed by atoms with Gasteiger partial charge in [0.25, 0.3) is 0 Å². The highest BCUT2D eigenvalue weighted by Crippen LogP contribution is 2.29. The minimum absolute atomic E-state index is 0.139. The average Bonchev–Trinajstić information content (AvgIpc) is 3.21. The maximum atomic E-state index is 12.6. The van der Waals surface area contributed by atoms with Crippen LogP contribution in [0.1, 0.15) is 61.9 Å². The molecular formula is C18H24N4O2. The number of nitrogens with zero attached hydrogens (tertiary/aromatic N) is 3. The highest BCUT2D eigenvalue weighted by Gasteiger charge is 2.25. The van der Waals surface area contributed by atoms with E-state index >= 15 is 0 Å². The normalized spacial score (nSPS) is 22.4. The van der Waals surface area contributed by atoms with Gasteiger partial charge in [0.2, 0.25) is 0 Å². The first-order chi connectivity index (χ1) is 11.7. The van der Waals surface area contributed by atoms with Gasteiger partial charge in [-0.1, -0.05) is 32.1 Å². The van der Waals surface area contributed by atoms with E-state index in [0.29, 0.717) is 23.7 Å². The van der Waals surface area contributed by atoms with Crippen LogP contribution in [-0.2, 0) is 0 Å². The number of fused-ring (bicyclic) bond motifs is 1. The molecule has 3 heterocycles. The number of H-pyrrole nitrogens is 1. The molecule has 128 valence electrons. The first kappa shape index (κ1) is 15.6. The number of aromatic nitrogens is 3. The lowest BCUT2D eigenvalue weighted by Crippen LogP contribution is -2.29. The predicted molar refractivity (Wildman–Crippen MR) is 92.0 cm³/mol. The van der Waals surface area contributed by atoms with E-state index in [1.807, 2.05) is 17.0 Å². The summed E-state index contributed by atoms with van der Waals surface area (Å²) in [6.07, 6.45) is 7.96. The van der Waals surface area contributed by atoms with Crippen molar-refractivity contribution in [2.24, 2.45) is 5.92 Å². The zero-order valence-electron chi connectivity index (χ0n) is 13.9. The first-order valence-corrected chi connectivity index (χ1v) is 9.05. The van der Waals surface area contributed by atoms with Gasteiger partial charge in [-0.2, -0.15) is 5.10 Å². The minimum atomic E-state index is -0.471. The molecule has 1 saturated heterocycles. The fourth-order valence-electron chi connectivity index (χ4n) is 4.03. The van der Waals surface area contributed by atoms with Gasteiger partial charge in [0.1, 0.15) is 17.7 Å². The van der Waals surface area contributed by atoms with Crippen molar-refractivity contribution in [1.29, 1.82) is 0 Å². The van der Waals surface area contributed by atoms with E-state index in [1.165, 1.54) is 19.3 Å². The van der Waals surface area contributed by atoms with E-state index < -0.39 is 6.23 Å². The number of anilines is 1. The number of carbonyl (C=O) groups is 1. The number of Topliss-reactive ketones (excluding diaryl/α,β-unsaturated/α-hetero) is 1. The summed E-state index contributed by atoms with van der Waals surface area (Å²) in [5.74, 6) is 1.38. The number of carbonyl (C=O) groups excluding carboxylic acids is 1. The van der Waals surface area contributed by atoms with E-state index in [-0.39, 0.29) is 5.78 Å². The molecule has 0 unspecified atom stereocenters. The quantitative estimate of drug-likeness (QED) is 0.843. The maximum absolute atomic E-state index is 12.6. The van der Waals surface area contributed by atoms with Crippen LogP contribution in [0.25, 0.3) is 11.0 Å². The van der Waals surface area contributed by atoms with Gasteiger partial charge in [-0.15, -0.1) is 0 Å². The Hall–Kier alpha value is -1.95. The van der Waals surface area contributed by atoms with Crippen LogP contribution in [-0.4, -0.2) is 38.8 Å². The van der Waals surface area contributed by atoms with Gasteiger partial charge >= 0.3 is 0 Å². The van der Waals surface area contributed by atoms with Gasteiger partial charge in [-0.05, 0) is 30.9 Å². The van der Waals surface area contributed by atoms with Crippen molar-refractivity contribution in [3.05, 3.63) is 17.8 Å². The fraction of sp³-hybridized carbons (Fsp3) is 0.611. The molecule has 24 heavy (non-hydrogen) atoms. The Morgan fingerprint density at radius 1 is 1.21 bits per heavy atom. The molecule has 2 aromatic rings. The van der Waals surface area contributed by atoms with Crippen LogP contribution in [0.4, 0.5) is 5.82 Å². The van der Waals surface area contributed by atoms with Crippen molar-refractivity contribution in [2.45, 2.75) is 57.6 Å². The Balaban J connectivity index is 1.55. The summed E-state index contributed by atoms with van der Waals surface area (Å²) >= 11 is 0. The molecule has 0 spiro atoms. The van der Waals surface area contributed by atoms with Crippen molar-refractivity contribution in [2.75, 3.05) is 11.4 Å². The van der Waals surface area contributed by atoms with E-state index in [9.17, 15) is 9.90 Å². The average molecular weight is 328 g/mol. The van der Waals surface area contributed by atoms with Gasteiger partial charge in [0, 0.05) is 18.4 Å². The summed E-state index contributed by atoms with van der Waals surface area (Å²) in [4.78, 5) is 19.0. The van der Waals surface area contributed by atoms with Crippen LogP contribution in [0.3, 0.4) is 0 Å². The molecule has 0 aromatic carbocycles. The Labute approximate surface area is 141 Å². The Kier molecular flexibility index (Phi) is 4.22. The number of aromatic amines is 1. The van der Waals surface area contributed by atoms with Crippen LogP contribution >= 0.6 is 0 Å². The van der Waals surface area contributed by atoms with Crippen molar-refractivity contribution in [1.82, 2.24) is 15.2 Å². The molecule has 1 aliphatic carbocycles. The second-order valence-electron chi connectivity index (χ2n) is 7.09. The van der Waals surface area contributed by atoms with E-state index in [2.05, 4.69) is 15.2 Å². The maximum Gasteiger partial charge on any atom is 0.183 e. The second-order valence-corrected chi connectivity index (χ2v) is 7.09.